The number of fused-ring (bicyclic) bond motifs is 1. The van der Waals surface area contributed by atoms with Gasteiger partial charge in [0, 0.05) is 23.4 Å². The second-order valence-electron chi connectivity index (χ2n) is 4.33. The number of anilines is 1. The lowest BCUT2D eigenvalue weighted by Crippen LogP contribution is -2.00. The summed E-state index contributed by atoms with van der Waals surface area (Å²) in [6.07, 6.45) is 4.27. The Balaban J connectivity index is 1.59. The molecule has 0 unspecified atom stereocenters. The first-order valence-electron chi connectivity index (χ1n) is 6.20. The zero-order valence-corrected chi connectivity index (χ0v) is 12.6. The fourth-order valence-corrected chi connectivity index (χ4v) is 3.70. The summed E-state index contributed by atoms with van der Waals surface area (Å²) in [6.45, 7) is 2.88. The minimum atomic E-state index is 0.432. The zero-order chi connectivity index (χ0) is 13.9. The van der Waals surface area contributed by atoms with Crippen molar-refractivity contribution < 1.29 is 0 Å². The Kier molecular flexibility index (Phi) is 3.83. The molecule has 0 fully saturated rings. The highest BCUT2D eigenvalue weighted by Crippen LogP contribution is 2.23. The first-order valence-corrected chi connectivity index (χ1v) is 8.07. The molecular formula is C12H14N6S2. The summed E-state index contributed by atoms with van der Waals surface area (Å²) in [5.74, 6) is 1.45. The average molecular weight is 306 g/mol. The first-order chi connectivity index (χ1) is 9.74. The molecule has 0 aliphatic carbocycles. The Labute approximate surface area is 124 Å². The molecule has 0 aromatic carbocycles. The van der Waals surface area contributed by atoms with Crippen molar-refractivity contribution in [2.24, 2.45) is 0 Å². The first kappa shape index (κ1) is 13.3. The van der Waals surface area contributed by atoms with Crippen LogP contribution < -0.4 is 5.73 Å². The highest BCUT2D eigenvalue weighted by atomic mass is 32.2. The van der Waals surface area contributed by atoms with Gasteiger partial charge in [0.1, 0.15) is 16.2 Å². The van der Waals surface area contributed by atoms with E-state index in [0.29, 0.717) is 11.3 Å². The molecule has 0 saturated heterocycles. The van der Waals surface area contributed by atoms with Gasteiger partial charge in [-0.2, -0.15) is 0 Å². The molecular weight excluding hydrogens is 292 g/mol. The van der Waals surface area contributed by atoms with Gasteiger partial charge in [-0.1, -0.05) is 11.8 Å². The van der Waals surface area contributed by atoms with Crippen LogP contribution in [0.3, 0.4) is 0 Å². The molecule has 0 saturated carbocycles. The van der Waals surface area contributed by atoms with Crippen molar-refractivity contribution in [1.29, 1.82) is 0 Å². The van der Waals surface area contributed by atoms with E-state index in [4.69, 9.17) is 5.73 Å². The van der Waals surface area contributed by atoms with Crippen LogP contribution in [0.25, 0.3) is 11.2 Å². The predicted molar refractivity (Wildman–Crippen MR) is 81.9 cm³/mol. The van der Waals surface area contributed by atoms with Crippen LogP contribution in [0.1, 0.15) is 12.1 Å². The fraction of sp³-hybridized carbons (Fsp3) is 0.333. The van der Waals surface area contributed by atoms with Gasteiger partial charge < -0.3 is 10.3 Å². The molecule has 20 heavy (non-hydrogen) atoms. The Bertz CT molecular complexity index is 720. The van der Waals surface area contributed by atoms with E-state index in [9.17, 15) is 0 Å². The van der Waals surface area contributed by atoms with E-state index in [1.54, 1.807) is 29.4 Å². The molecule has 3 aromatic heterocycles. The van der Waals surface area contributed by atoms with Crippen LogP contribution in [-0.4, -0.2) is 30.3 Å². The van der Waals surface area contributed by atoms with Crippen LogP contribution in [0.2, 0.25) is 0 Å². The molecule has 0 radical (unpaired) electrons. The molecule has 3 heterocycles. The van der Waals surface area contributed by atoms with Crippen LogP contribution in [0.4, 0.5) is 5.82 Å². The SMILES string of the molecule is Cc1csc(SCCCn2cnc3c(N)ncnc32)n1. The van der Waals surface area contributed by atoms with Crippen LogP contribution in [-0.2, 0) is 6.54 Å². The van der Waals surface area contributed by atoms with Crippen LogP contribution in [0.15, 0.2) is 22.4 Å². The summed E-state index contributed by atoms with van der Waals surface area (Å²) in [4.78, 5) is 16.9. The largest absolute Gasteiger partial charge is 0.382 e. The Morgan fingerprint density at radius 3 is 3.05 bits per heavy atom. The van der Waals surface area contributed by atoms with Crippen molar-refractivity contribution in [2.75, 3.05) is 11.5 Å². The monoisotopic (exact) mass is 306 g/mol. The lowest BCUT2D eigenvalue weighted by molar-refractivity contribution is 0.696. The van der Waals surface area contributed by atoms with Crippen LogP contribution >= 0.6 is 23.1 Å². The summed E-state index contributed by atoms with van der Waals surface area (Å²) >= 11 is 3.49. The van der Waals surface area contributed by atoms with Gasteiger partial charge >= 0.3 is 0 Å². The van der Waals surface area contributed by atoms with Crippen molar-refractivity contribution in [2.45, 2.75) is 24.2 Å². The third kappa shape index (κ3) is 2.75. The lowest BCUT2D eigenvalue weighted by atomic mass is 10.4. The molecule has 3 rings (SSSR count). The van der Waals surface area contributed by atoms with Gasteiger partial charge in [-0.3, -0.25) is 0 Å². The highest BCUT2D eigenvalue weighted by Gasteiger charge is 2.07. The molecule has 3 aromatic rings. The van der Waals surface area contributed by atoms with E-state index in [0.717, 1.165) is 34.4 Å². The van der Waals surface area contributed by atoms with Crippen molar-refractivity contribution >= 4 is 40.1 Å². The number of hydrogen-bond acceptors (Lipinski definition) is 7. The van der Waals surface area contributed by atoms with Gasteiger partial charge in [0.25, 0.3) is 0 Å². The third-order valence-electron chi connectivity index (χ3n) is 2.80. The normalized spacial score (nSPS) is 11.2. The minimum absolute atomic E-state index is 0.432. The maximum Gasteiger partial charge on any atom is 0.165 e. The molecule has 0 spiro atoms. The molecule has 0 amide bonds. The van der Waals surface area contributed by atoms with Gasteiger partial charge in [0.2, 0.25) is 0 Å². The number of imidazole rings is 1. The van der Waals surface area contributed by atoms with Crippen molar-refractivity contribution in [3.63, 3.8) is 0 Å². The molecule has 8 heteroatoms. The number of nitrogen functional groups attached to an aromatic ring is 1. The fourth-order valence-electron chi connectivity index (χ4n) is 1.86. The zero-order valence-electron chi connectivity index (χ0n) is 11.0. The van der Waals surface area contributed by atoms with E-state index >= 15 is 0 Å². The maximum atomic E-state index is 5.76. The predicted octanol–water partition coefficient (Wildman–Crippen LogP) is 2.36. The van der Waals surface area contributed by atoms with Crippen LogP contribution in [0, 0.1) is 6.92 Å². The van der Waals surface area contributed by atoms with Gasteiger partial charge in [0.05, 0.1) is 6.33 Å². The number of nitrogens with two attached hydrogens (primary N) is 1. The molecule has 0 bridgehead atoms. The third-order valence-corrected chi connectivity index (χ3v) is 5.02. The van der Waals surface area contributed by atoms with Gasteiger partial charge in [-0.15, -0.1) is 11.3 Å². The molecule has 2 N–H and O–H groups in total. The molecule has 0 aliphatic rings. The van der Waals surface area contributed by atoms with Crippen molar-refractivity contribution in [3.05, 3.63) is 23.7 Å². The van der Waals surface area contributed by atoms with Crippen LogP contribution in [0.5, 0.6) is 0 Å². The molecule has 6 nitrogen and oxygen atoms in total. The summed E-state index contributed by atoms with van der Waals surface area (Å²) in [7, 11) is 0. The van der Waals surface area contributed by atoms with E-state index in [1.165, 1.54) is 6.33 Å². The summed E-state index contributed by atoms with van der Waals surface area (Å²) in [5, 5.41) is 2.07. The molecule has 0 atom stereocenters. The molecule has 0 aliphatic heterocycles. The number of thiazole rings is 1. The number of aromatic nitrogens is 5. The number of hydrogen-bond donors (Lipinski definition) is 1. The van der Waals surface area contributed by atoms with Gasteiger partial charge in [-0.05, 0) is 13.3 Å². The smallest absolute Gasteiger partial charge is 0.165 e. The summed E-state index contributed by atoms with van der Waals surface area (Å²) in [6, 6.07) is 0. The maximum absolute atomic E-state index is 5.76. The quantitative estimate of drug-likeness (QED) is 0.575. The van der Waals surface area contributed by atoms with Gasteiger partial charge in [-0.25, -0.2) is 19.9 Å². The number of aryl methyl sites for hydroxylation is 2. The van der Waals surface area contributed by atoms with Crippen molar-refractivity contribution in [1.82, 2.24) is 24.5 Å². The summed E-state index contributed by atoms with van der Waals surface area (Å²) in [5.41, 5.74) is 8.33. The standard InChI is InChI=1S/C12H14N6S2/c1-8-5-20-12(17-8)19-4-2-3-18-7-16-9-10(13)14-6-15-11(9)18/h5-7H,2-4H2,1H3,(H2,13,14,15). The highest BCUT2D eigenvalue weighted by molar-refractivity contribution is 8.00. The second-order valence-corrected chi connectivity index (χ2v) is 6.53. The Hall–Kier alpha value is -1.67. The summed E-state index contributed by atoms with van der Waals surface area (Å²) < 4.78 is 3.14. The topological polar surface area (TPSA) is 82.5 Å². The Morgan fingerprint density at radius 2 is 2.25 bits per heavy atom. The Morgan fingerprint density at radius 1 is 1.35 bits per heavy atom. The van der Waals surface area contributed by atoms with Crippen molar-refractivity contribution in [3.8, 4) is 0 Å². The van der Waals surface area contributed by atoms with E-state index < -0.39 is 0 Å². The van der Waals surface area contributed by atoms with E-state index in [2.05, 4.69) is 25.3 Å². The van der Waals surface area contributed by atoms with E-state index in [1.807, 2.05) is 11.5 Å². The number of thioether (sulfide) groups is 1. The molecule has 104 valence electrons. The number of rotatable bonds is 5. The lowest BCUT2D eigenvalue weighted by Gasteiger charge is -2.02. The van der Waals surface area contributed by atoms with E-state index in [-0.39, 0.29) is 0 Å². The van der Waals surface area contributed by atoms with Gasteiger partial charge in [0.15, 0.2) is 11.5 Å². The second kappa shape index (κ2) is 5.76. The average Bonchev–Trinajstić information content (AvgIpc) is 3.02. The number of nitrogens with zero attached hydrogens (tertiary/aromatic N) is 5. The minimum Gasteiger partial charge on any atom is -0.382 e.